The molecule has 0 saturated carbocycles. The molecule has 1 amide bonds. The molecule has 2 aliphatic rings. The molecule has 0 spiro atoms. The molecule has 5 atom stereocenters. The van der Waals surface area contributed by atoms with Crippen molar-refractivity contribution in [2.24, 2.45) is 0 Å². The predicted molar refractivity (Wildman–Crippen MR) is 109 cm³/mol. The van der Waals surface area contributed by atoms with Crippen LogP contribution in [0.15, 0.2) is 23.1 Å². The second kappa shape index (κ2) is 11.0. The van der Waals surface area contributed by atoms with Crippen LogP contribution in [0.5, 0.6) is 0 Å². The van der Waals surface area contributed by atoms with Gasteiger partial charge in [0.25, 0.3) is 0 Å². The summed E-state index contributed by atoms with van der Waals surface area (Å²) in [6, 6.07) is -1.07. The molecule has 0 aromatic heterocycles. The van der Waals surface area contributed by atoms with E-state index in [0.29, 0.717) is 0 Å². The zero-order valence-corrected chi connectivity index (χ0v) is 18.6. The Morgan fingerprint density at radius 2 is 1.59 bits per heavy atom. The number of thioether (sulfide) groups is 1. The molecule has 0 bridgehead atoms. The highest BCUT2D eigenvalue weighted by atomic mass is 32.2. The number of hydrogen-bond acceptors (Lipinski definition) is 11. The van der Waals surface area contributed by atoms with Crippen molar-refractivity contribution in [3.05, 3.63) is 23.1 Å². The number of amides is 1. The van der Waals surface area contributed by atoms with E-state index in [1.54, 1.807) is 0 Å². The third-order valence-corrected chi connectivity index (χ3v) is 5.44. The third kappa shape index (κ3) is 7.02. The van der Waals surface area contributed by atoms with Crippen molar-refractivity contribution in [3.8, 4) is 0 Å². The molecule has 1 aliphatic heterocycles. The topological polar surface area (TPSA) is 151 Å². The smallest absolute Gasteiger partial charge is 0.303 e. The average Bonchev–Trinajstić information content (AvgIpc) is 2.66. The Balaban J connectivity index is 2.46. The van der Waals surface area contributed by atoms with Crippen LogP contribution in [0.2, 0.25) is 0 Å². The number of carbonyl (C=O) groups excluding carboxylic acids is 6. The number of hydrogen-bond donors (Lipinski definition) is 1. The minimum absolute atomic E-state index is 0.0385. The number of ketones is 2. The highest BCUT2D eigenvalue weighted by molar-refractivity contribution is 8.04. The summed E-state index contributed by atoms with van der Waals surface area (Å²) in [7, 11) is 0. The Morgan fingerprint density at radius 1 is 0.969 bits per heavy atom. The molecule has 0 aromatic rings. The summed E-state index contributed by atoms with van der Waals surface area (Å²) in [4.78, 5) is 70.7. The zero-order chi connectivity index (χ0) is 24.0. The van der Waals surface area contributed by atoms with E-state index in [4.69, 9.17) is 18.9 Å². The van der Waals surface area contributed by atoms with Crippen LogP contribution in [0.25, 0.3) is 0 Å². The summed E-state index contributed by atoms with van der Waals surface area (Å²) in [5.74, 6) is -3.47. The van der Waals surface area contributed by atoms with Crippen LogP contribution in [-0.2, 0) is 47.7 Å². The lowest BCUT2D eigenvalue weighted by Crippen LogP contribution is -2.65. The number of ether oxygens (including phenoxy) is 4. The quantitative estimate of drug-likeness (QED) is 0.304. The van der Waals surface area contributed by atoms with E-state index in [9.17, 15) is 28.8 Å². The maximum Gasteiger partial charge on any atom is 0.303 e. The van der Waals surface area contributed by atoms with E-state index in [0.717, 1.165) is 43.8 Å². The standard InChI is InChI=1S/C20H23NO10S/c1-9(22)21-17-19(30-12(4)25)18(29-11(3)24)15(8-28-10(2)23)31-20(17)32-16-7-13(26)5-6-14(16)27/h5-7,15,17-20H,8H2,1-4H3,(H,21,22)/t15-,17-,18+,19-,20-/m1/s1. The third-order valence-electron chi connectivity index (χ3n) is 4.23. The number of esters is 3. The van der Waals surface area contributed by atoms with Gasteiger partial charge in [0.2, 0.25) is 5.91 Å². The summed E-state index contributed by atoms with van der Waals surface area (Å²) in [6.45, 7) is 4.29. The maximum atomic E-state index is 12.2. The normalized spacial score (nSPS) is 27.2. The van der Waals surface area contributed by atoms with Gasteiger partial charge in [-0.3, -0.25) is 28.8 Å². The van der Waals surface area contributed by atoms with Crippen molar-refractivity contribution in [1.29, 1.82) is 0 Å². The number of carbonyl (C=O) groups is 6. The fourth-order valence-electron chi connectivity index (χ4n) is 3.10. The molecular formula is C20H23NO10S. The molecule has 12 heteroatoms. The molecule has 1 aliphatic carbocycles. The Hall–Kier alpha value is -2.99. The van der Waals surface area contributed by atoms with Gasteiger partial charge in [-0.2, -0.15) is 0 Å². The molecule has 1 N–H and O–H groups in total. The first kappa shape index (κ1) is 25.3. The largest absolute Gasteiger partial charge is 0.463 e. The monoisotopic (exact) mass is 469 g/mol. The average molecular weight is 469 g/mol. The van der Waals surface area contributed by atoms with Crippen molar-refractivity contribution in [2.75, 3.05) is 6.61 Å². The molecule has 1 fully saturated rings. The van der Waals surface area contributed by atoms with Crippen molar-refractivity contribution >= 4 is 47.1 Å². The maximum absolute atomic E-state index is 12.2. The fraction of sp³-hybridized carbons (Fsp3) is 0.500. The van der Waals surface area contributed by atoms with E-state index in [1.807, 2.05) is 0 Å². The van der Waals surface area contributed by atoms with E-state index in [-0.39, 0.29) is 11.5 Å². The van der Waals surface area contributed by atoms with Crippen molar-refractivity contribution < 1.29 is 47.7 Å². The molecule has 0 unspecified atom stereocenters. The first-order valence-electron chi connectivity index (χ1n) is 9.53. The second-order valence-corrected chi connectivity index (χ2v) is 8.09. The van der Waals surface area contributed by atoms with Crippen LogP contribution in [0, 0.1) is 0 Å². The molecule has 0 aromatic carbocycles. The molecule has 2 rings (SSSR count). The van der Waals surface area contributed by atoms with Crippen LogP contribution < -0.4 is 5.32 Å². The van der Waals surface area contributed by atoms with Crippen LogP contribution in [0.4, 0.5) is 0 Å². The molecule has 1 heterocycles. The van der Waals surface area contributed by atoms with Crippen LogP contribution in [0.1, 0.15) is 27.7 Å². The summed E-state index contributed by atoms with van der Waals surface area (Å²) < 4.78 is 21.6. The first-order valence-corrected chi connectivity index (χ1v) is 10.4. The van der Waals surface area contributed by atoms with Crippen LogP contribution >= 0.6 is 11.8 Å². The minimum atomic E-state index is -1.24. The Kier molecular flexibility index (Phi) is 8.72. The van der Waals surface area contributed by atoms with Gasteiger partial charge >= 0.3 is 17.9 Å². The zero-order valence-electron chi connectivity index (χ0n) is 17.8. The number of allylic oxidation sites excluding steroid dienone is 4. The summed E-state index contributed by atoms with van der Waals surface area (Å²) in [5.41, 5.74) is -1.06. The second-order valence-electron chi connectivity index (χ2n) is 6.95. The minimum Gasteiger partial charge on any atom is -0.463 e. The van der Waals surface area contributed by atoms with Gasteiger partial charge in [-0.25, -0.2) is 0 Å². The van der Waals surface area contributed by atoms with Gasteiger partial charge in [0.1, 0.15) is 24.2 Å². The van der Waals surface area contributed by atoms with Gasteiger partial charge in [0, 0.05) is 33.8 Å². The van der Waals surface area contributed by atoms with Crippen molar-refractivity contribution in [2.45, 2.75) is 57.5 Å². The lowest BCUT2D eigenvalue weighted by atomic mass is 9.97. The Labute approximate surface area is 187 Å². The predicted octanol–water partition coefficient (Wildman–Crippen LogP) is -0.0324. The first-order chi connectivity index (χ1) is 15.0. The van der Waals surface area contributed by atoms with E-state index in [2.05, 4.69) is 5.32 Å². The van der Waals surface area contributed by atoms with Gasteiger partial charge in [0.05, 0.1) is 4.91 Å². The lowest BCUT2D eigenvalue weighted by Gasteiger charge is -2.45. The summed E-state index contributed by atoms with van der Waals surface area (Å²) >= 11 is 0.823. The number of nitrogens with one attached hydrogen (secondary N) is 1. The highest BCUT2D eigenvalue weighted by Gasteiger charge is 2.51. The van der Waals surface area contributed by atoms with Gasteiger partial charge in [-0.15, -0.1) is 0 Å². The molecular weight excluding hydrogens is 446 g/mol. The molecule has 32 heavy (non-hydrogen) atoms. The van der Waals surface area contributed by atoms with Gasteiger partial charge < -0.3 is 24.3 Å². The number of rotatable bonds is 7. The molecule has 174 valence electrons. The Bertz CT molecular complexity index is 880. The van der Waals surface area contributed by atoms with Crippen molar-refractivity contribution in [3.63, 3.8) is 0 Å². The lowest BCUT2D eigenvalue weighted by molar-refractivity contribution is -0.211. The fourth-order valence-corrected chi connectivity index (χ4v) is 4.28. The highest BCUT2D eigenvalue weighted by Crippen LogP contribution is 2.36. The van der Waals surface area contributed by atoms with Gasteiger partial charge in [0.15, 0.2) is 23.8 Å². The van der Waals surface area contributed by atoms with Crippen molar-refractivity contribution in [1.82, 2.24) is 5.32 Å². The Morgan fingerprint density at radius 3 is 2.16 bits per heavy atom. The SMILES string of the molecule is CC(=O)N[C@@H]1[C@@H](OC(C)=O)[C@@H](OC(C)=O)[C@@H](COC(C)=O)O[C@@H]1SC1=CC(=O)C=CC1=O. The summed E-state index contributed by atoms with van der Waals surface area (Å²) in [6.07, 6.45) is -0.245. The van der Waals surface area contributed by atoms with Gasteiger partial charge in [-0.1, -0.05) is 11.8 Å². The van der Waals surface area contributed by atoms with Crippen LogP contribution in [0.3, 0.4) is 0 Å². The molecule has 0 radical (unpaired) electrons. The van der Waals surface area contributed by atoms with Crippen LogP contribution in [-0.4, -0.2) is 71.8 Å². The van der Waals surface area contributed by atoms with Gasteiger partial charge in [-0.05, 0) is 12.2 Å². The molecule has 11 nitrogen and oxygen atoms in total. The van der Waals surface area contributed by atoms with E-state index in [1.165, 1.54) is 13.8 Å². The molecule has 1 saturated heterocycles. The van der Waals surface area contributed by atoms with E-state index >= 15 is 0 Å². The summed E-state index contributed by atoms with van der Waals surface area (Å²) in [5, 5.41) is 2.59. The van der Waals surface area contributed by atoms with E-state index < -0.39 is 65.2 Å².